The van der Waals surface area contributed by atoms with E-state index in [4.69, 9.17) is 4.74 Å². The second-order valence-corrected chi connectivity index (χ2v) is 6.36. The first kappa shape index (κ1) is 17.5. The van der Waals surface area contributed by atoms with Gasteiger partial charge in [-0.25, -0.2) is 19.0 Å². The topological polar surface area (TPSA) is 94.8 Å². The van der Waals surface area contributed by atoms with E-state index in [-0.39, 0.29) is 16.6 Å². The molecule has 0 saturated heterocycles. The molecule has 26 heavy (non-hydrogen) atoms. The summed E-state index contributed by atoms with van der Waals surface area (Å²) in [4.78, 5) is 35.6. The monoisotopic (exact) mass is 364 g/mol. The lowest BCUT2D eigenvalue weighted by Gasteiger charge is -2.19. The zero-order valence-electron chi connectivity index (χ0n) is 14.0. The van der Waals surface area contributed by atoms with Crippen LogP contribution in [-0.2, 0) is 9.57 Å². The minimum atomic E-state index is -1.16. The summed E-state index contributed by atoms with van der Waals surface area (Å²) in [5.41, 5.74) is 0.998. The van der Waals surface area contributed by atoms with Gasteiger partial charge >= 0.3 is 12.1 Å². The molecule has 0 unspecified atom stereocenters. The number of amides is 1. The molecule has 0 aliphatic rings. The average Bonchev–Trinajstić information content (AvgIpc) is 2.92. The van der Waals surface area contributed by atoms with Crippen molar-refractivity contribution in [3.05, 3.63) is 42.0 Å². The Balaban J connectivity index is 1.89. The Bertz CT molecular complexity index is 1030. The minimum Gasteiger partial charge on any atom is -0.442 e. The molecular formula is C16H14F2N4O4. The number of carbonyl (C=O) groups is 2. The molecular weight excluding hydrogens is 350 g/mol. The van der Waals surface area contributed by atoms with Gasteiger partial charge in [-0.15, -0.1) is 5.48 Å². The van der Waals surface area contributed by atoms with E-state index in [1.807, 2.05) is 0 Å². The Morgan fingerprint density at radius 2 is 1.88 bits per heavy atom. The van der Waals surface area contributed by atoms with Crippen LogP contribution in [0.5, 0.6) is 0 Å². The Kier molecular flexibility index (Phi) is 4.18. The Labute approximate surface area is 145 Å². The number of hydrogen-bond acceptors (Lipinski definition) is 6. The molecule has 3 aromatic rings. The average molecular weight is 364 g/mol. The molecule has 0 aliphatic carbocycles. The van der Waals surface area contributed by atoms with E-state index in [0.717, 1.165) is 12.1 Å². The van der Waals surface area contributed by atoms with Crippen LogP contribution < -0.4 is 5.48 Å². The SMILES string of the molecule is CC(C)(C)OC(=O)NOC(=O)c1cc2c(cc1F)ncc1c(F)ncn12. The lowest BCUT2D eigenvalue weighted by Crippen LogP contribution is -2.34. The Hall–Kier alpha value is -3.30. The molecule has 0 saturated carbocycles. The highest BCUT2D eigenvalue weighted by molar-refractivity contribution is 5.94. The summed E-state index contributed by atoms with van der Waals surface area (Å²) in [6.07, 6.45) is 1.38. The second kappa shape index (κ2) is 6.21. The molecule has 8 nitrogen and oxygen atoms in total. The van der Waals surface area contributed by atoms with Crippen LogP contribution in [0.15, 0.2) is 24.7 Å². The first-order valence-corrected chi connectivity index (χ1v) is 7.47. The van der Waals surface area contributed by atoms with Crippen molar-refractivity contribution in [2.24, 2.45) is 0 Å². The van der Waals surface area contributed by atoms with Crippen molar-refractivity contribution in [3.8, 4) is 0 Å². The smallest absolute Gasteiger partial charge is 0.441 e. The third-order valence-corrected chi connectivity index (χ3v) is 3.25. The van der Waals surface area contributed by atoms with E-state index in [0.29, 0.717) is 0 Å². The molecule has 2 aromatic heterocycles. The quantitative estimate of drug-likeness (QED) is 0.667. The van der Waals surface area contributed by atoms with E-state index >= 15 is 0 Å². The summed E-state index contributed by atoms with van der Waals surface area (Å²) in [6.45, 7) is 4.87. The Morgan fingerprint density at radius 3 is 2.58 bits per heavy atom. The molecule has 1 N–H and O–H groups in total. The number of nitrogens with zero attached hydrogens (tertiary/aromatic N) is 3. The van der Waals surface area contributed by atoms with E-state index in [1.54, 1.807) is 26.3 Å². The summed E-state index contributed by atoms with van der Waals surface area (Å²) in [5.74, 6) is -2.83. The van der Waals surface area contributed by atoms with Crippen LogP contribution in [0.2, 0.25) is 0 Å². The number of benzene rings is 1. The number of ether oxygens (including phenoxy) is 1. The predicted octanol–water partition coefficient (Wildman–Crippen LogP) is 2.76. The minimum absolute atomic E-state index is 0.0651. The number of rotatable bonds is 1. The van der Waals surface area contributed by atoms with Crippen LogP contribution in [0, 0.1) is 11.8 Å². The molecule has 2 heterocycles. The first-order valence-electron chi connectivity index (χ1n) is 7.47. The molecule has 0 bridgehead atoms. The fourth-order valence-corrected chi connectivity index (χ4v) is 2.22. The van der Waals surface area contributed by atoms with Gasteiger partial charge in [0.1, 0.15) is 23.3 Å². The maximum atomic E-state index is 14.2. The van der Waals surface area contributed by atoms with Crippen LogP contribution in [-0.4, -0.2) is 32.0 Å². The molecule has 3 rings (SSSR count). The van der Waals surface area contributed by atoms with Crippen LogP contribution in [0.4, 0.5) is 13.6 Å². The summed E-state index contributed by atoms with van der Waals surface area (Å²) in [6, 6.07) is 2.13. The highest BCUT2D eigenvalue weighted by Gasteiger charge is 2.21. The summed E-state index contributed by atoms with van der Waals surface area (Å²) >= 11 is 0. The largest absolute Gasteiger partial charge is 0.442 e. The summed E-state index contributed by atoms with van der Waals surface area (Å²) in [5, 5.41) is 0. The fourth-order valence-electron chi connectivity index (χ4n) is 2.22. The lowest BCUT2D eigenvalue weighted by molar-refractivity contribution is -0.00158. The molecule has 1 amide bonds. The van der Waals surface area contributed by atoms with Gasteiger partial charge in [0.2, 0.25) is 5.95 Å². The number of imidazole rings is 1. The molecule has 0 aliphatic heterocycles. The fraction of sp³-hybridized carbons (Fsp3) is 0.250. The van der Waals surface area contributed by atoms with Crippen LogP contribution >= 0.6 is 0 Å². The maximum absolute atomic E-state index is 14.2. The summed E-state index contributed by atoms with van der Waals surface area (Å²) < 4.78 is 34.0. The zero-order valence-corrected chi connectivity index (χ0v) is 14.0. The number of hydrogen-bond donors (Lipinski definition) is 1. The van der Waals surface area contributed by atoms with Crippen molar-refractivity contribution in [3.63, 3.8) is 0 Å². The number of fused-ring (bicyclic) bond motifs is 3. The predicted molar refractivity (Wildman–Crippen MR) is 85.2 cm³/mol. The van der Waals surface area contributed by atoms with Crippen molar-refractivity contribution < 1.29 is 27.9 Å². The highest BCUT2D eigenvalue weighted by atomic mass is 19.1. The molecule has 10 heteroatoms. The maximum Gasteiger partial charge on any atom is 0.441 e. The van der Waals surface area contributed by atoms with Crippen molar-refractivity contribution in [2.45, 2.75) is 26.4 Å². The van der Waals surface area contributed by atoms with Gasteiger partial charge in [-0.1, -0.05) is 0 Å². The van der Waals surface area contributed by atoms with E-state index in [2.05, 4.69) is 14.8 Å². The van der Waals surface area contributed by atoms with Gasteiger partial charge in [0.25, 0.3) is 0 Å². The molecule has 136 valence electrons. The highest BCUT2D eigenvalue weighted by Crippen LogP contribution is 2.21. The number of nitrogens with one attached hydrogen (secondary N) is 1. The number of aromatic nitrogens is 3. The second-order valence-electron chi connectivity index (χ2n) is 6.36. The summed E-state index contributed by atoms with van der Waals surface area (Å²) in [7, 11) is 0. The molecule has 1 aromatic carbocycles. The third-order valence-electron chi connectivity index (χ3n) is 3.25. The third kappa shape index (κ3) is 3.39. The number of carbonyl (C=O) groups excluding carboxylic acids is 2. The normalized spacial score (nSPS) is 11.6. The van der Waals surface area contributed by atoms with Crippen LogP contribution in [0.1, 0.15) is 31.1 Å². The van der Waals surface area contributed by atoms with Crippen LogP contribution in [0.3, 0.4) is 0 Å². The zero-order chi connectivity index (χ0) is 19.1. The molecule has 0 atom stereocenters. The van der Waals surface area contributed by atoms with E-state index in [9.17, 15) is 18.4 Å². The van der Waals surface area contributed by atoms with Crippen molar-refractivity contribution >= 4 is 28.6 Å². The van der Waals surface area contributed by atoms with Crippen LogP contribution in [0.25, 0.3) is 16.6 Å². The van der Waals surface area contributed by atoms with Gasteiger partial charge in [0, 0.05) is 6.07 Å². The molecule has 0 radical (unpaired) electrons. The van der Waals surface area contributed by atoms with Gasteiger partial charge in [-0.3, -0.25) is 9.38 Å². The number of hydroxylamine groups is 1. The van der Waals surface area contributed by atoms with Crippen molar-refractivity contribution in [1.82, 2.24) is 19.8 Å². The lowest BCUT2D eigenvalue weighted by atomic mass is 10.2. The van der Waals surface area contributed by atoms with Gasteiger partial charge in [0.15, 0.2) is 0 Å². The number of halogens is 2. The van der Waals surface area contributed by atoms with Gasteiger partial charge < -0.3 is 9.57 Å². The van der Waals surface area contributed by atoms with E-state index < -0.39 is 35.0 Å². The van der Waals surface area contributed by atoms with Gasteiger partial charge in [0.05, 0.1) is 22.8 Å². The first-order chi connectivity index (χ1) is 12.2. The van der Waals surface area contributed by atoms with Crippen molar-refractivity contribution in [1.29, 1.82) is 0 Å². The molecule has 0 fully saturated rings. The molecule has 0 spiro atoms. The van der Waals surface area contributed by atoms with Gasteiger partial charge in [-0.2, -0.15) is 4.39 Å². The van der Waals surface area contributed by atoms with E-state index in [1.165, 1.54) is 16.9 Å². The Morgan fingerprint density at radius 1 is 1.15 bits per heavy atom. The van der Waals surface area contributed by atoms with Gasteiger partial charge in [-0.05, 0) is 26.8 Å². The standard InChI is InChI=1S/C16H14F2N4O4/c1-16(2,3)25-15(24)21-26-14(23)8-4-11-10(5-9(8)17)19-6-12-13(18)20-7-22(11)12/h4-7H,1-3H3,(H,21,24). The van der Waals surface area contributed by atoms with Crippen molar-refractivity contribution in [2.75, 3.05) is 0 Å².